The largest absolute Gasteiger partial charge is 0.0622 e. The van der Waals surface area contributed by atoms with Gasteiger partial charge in [0.25, 0.3) is 0 Å². The van der Waals surface area contributed by atoms with E-state index >= 15 is 0 Å². The predicted molar refractivity (Wildman–Crippen MR) is 370 cm³/mol. The molecule has 10 aromatic rings. The Kier molecular flexibility index (Phi) is 13.3. The predicted octanol–water partition coefficient (Wildman–Crippen LogP) is 22.0. The van der Waals surface area contributed by atoms with Crippen LogP contribution in [-0.4, -0.2) is 0 Å². The van der Waals surface area contributed by atoms with Crippen molar-refractivity contribution >= 4 is 48.6 Å². The minimum absolute atomic E-state index is 0.0310. The number of benzene rings is 10. The zero-order valence-corrected chi connectivity index (χ0v) is 50.7. The van der Waals surface area contributed by atoms with Gasteiger partial charge in [-0.15, -0.1) is 0 Å². The Bertz CT molecular complexity index is 3720. The molecule has 0 spiro atoms. The molecule has 0 heterocycles. The molecule has 4 unspecified atom stereocenters. The maximum atomic E-state index is 2.66. The third-order valence-electron chi connectivity index (χ3n) is 23.0. The summed E-state index contributed by atoms with van der Waals surface area (Å²) in [6, 6.07) is 108. The van der Waals surface area contributed by atoms with Gasteiger partial charge in [0, 0.05) is 0 Å². The van der Waals surface area contributed by atoms with Crippen molar-refractivity contribution in [2.24, 2.45) is 10.8 Å². The summed E-state index contributed by atoms with van der Waals surface area (Å²) in [6.45, 7) is 0. The summed E-state index contributed by atoms with van der Waals surface area (Å²) < 4.78 is 0. The Morgan fingerprint density at radius 3 is 0.534 bits per heavy atom. The standard InChI is InChI=1S/C88H78/c1-9-25-67(26-10-1)41-45-71-49-72(46-42-68-27-11-2-12-28-68)52-79(51-71)85-57-81(75-33-17-5-18-34-75)55-82(58-85,76-35-19-6-20-36-76)62-87(61-81,65-85)88-63-83(77-37-21-7-22-38-77)56-84(64-88,78-39-23-8-24-40-78)60-86(59-83,66-88)80-53-73(47-43-69-29-13-3-14-30-69)50-74(54-80)48-44-70-31-15-4-16-32-70/h1-54H,55-66H2/b45-41+,46-42+,47-43+,48-44+. The van der Waals surface area contributed by atoms with Gasteiger partial charge in [0.1, 0.15) is 0 Å². The first-order valence-electron chi connectivity index (χ1n) is 32.6. The Balaban J connectivity index is 0.955. The van der Waals surface area contributed by atoms with E-state index in [1.165, 1.54) is 107 Å². The first-order chi connectivity index (χ1) is 43.2. The first-order valence-corrected chi connectivity index (χ1v) is 32.6. The Hall–Kier alpha value is -8.84. The van der Waals surface area contributed by atoms with Crippen molar-refractivity contribution in [3.8, 4) is 0 Å². The molecule has 0 aromatic heterocycles. The molecule has 0 N–H and O–H groups in total. The van der Waals surface area contributed by atoms with Crippen molar-refractivity contribution in [2.45, 2.75) is 110 Å². The third kappa shape index (κ3) is 9.58. The monoisotopic (exact) mass is 1130 g/mol. The maximum Gasteiger partial charge on any atom is -0.00241 e. The molecule has 0 radical (unpaired) electrons. The SMILES string of the molecule is C(=C\c1cc(/C=C/c2ccccc2)cc(C23CC4(c5ccccc5)CC(c5ccccc5)(C2)CC(C25CC6(c7ccccc7)CC(c7ccccc7)(CC(c7cc(/C=C/c8ccccc8)cc(/C=C/c8ccccc8)c7)(C6)C2)C5)(C4)C3)c1)/c1ccccc1. The average Bonchev–Trinajstić information content (AvgIpc) is 0.644. The molecule has 8 saturated carbocycles. The highest BCUT2D eigenvalue weighted by molar-refractivity contribution is 5.77. The van der Waals surface area contributed by atoms with E-state index < -0.39 is 0 Å². The molecule has 0 nitrogen and oxygen atoms in total. The molecule has 8 bridgehead atoms. The van der Waals surface area contributed by atoms with Gasteiger partial charge in [-0.2, -0.15) is 0 Å². The molecule has 430 valence electrons. The molecular weight excluding hydrogens is 1060 g/mol. The molecule has 0 amide bonds. The van der Waals surface area contributed by atoms with E-state index in [0.29, 0.717) is 0 Å². The van der Waals surface area contributed by atoms with Crippen LogP contribution in [0, 0.1) is 10.8 Å². The smallest absolute Gasteiger partial charge is 0.00241 e. The van der Waals surface area contributed by atoms with Crippen molar-refractivity contribution in [3.05, 3.63) is 357 Å². The van der Waals surface area contributed by atoms with Crippen LogP contribution in [0.3, 0.4) is 0 Å². The van der Waals surface area contributed by atoms with Gasteiger partial charge in [0.15, 0.2) is 0 Å². The molecule has 0 heteroatoms. The lowest BCUT2D eigenvalue weighted by Crippen LogP contribution is -2.75. The van der Waals surface area contributed by atoms with Gasteiger partial charge >= 0.3 is 0 Å². The summed E-state index contributed by atoms with van der Waals surface area (Å²) in [5, 5.41) is 0. The van der Waals surface area contributed by atoms with Crippen molar-refractivity contribution in [3.63, 3.8) is 0 Å². The van der Waals surface area contributed by atoms with Crippen molar-refractivity contribution in [2.75, 3.05) is 0 Å². The van der Waals surface area contributed by atoms with E-state index in [2.05, 4.69) is 328 Å². The molecular formula is C88H78. The van der Waals surface area contributed by atoms with Crippen molar-refractivity contribution in [1.29, 1.82) is 0 Å². The van der Waals surface area contributed by atoms with E-state index in [9.17, 15) is 0 Å². The highest BCUT2D eigenvalue weighted by Crippen LogP contribution is 2.86. The van der Waals surface area contributed by atoms with Gasteiger partial charge in [-0.3, -0.25) is 0 Å². The van der Waals surface area contributed by atoms with Crippen LogP contribution in [0.25, 0.3) is 48.6 Å². The molecule has 0 saturated heterocycles. The molecule has 8 fully saturated rings. The molecule has 88 heavy (non-hydrogen) atoms. The molecule has 10 aromatic carbocycles. The van der Waals surface area contributed by atoms with Gasteiger partial charge in [-0.25, -0.2) is 0 Å². The van der Waals surface area contributed by atoms with Crippen LogP contribution < -0.4 is 0 Å². The molecule has 8 aliphatic rings. The highest BCUT2D eigenvalue weighted by Gasteiger charge is 2.79. The van der Waals surface area contributed by atoms with E-state index in [4.69, 9.17) is 0 Å². The quantitative estimate of drug-likeness (QED) is 0.0898. The number of hydrogen-bond donors (Lipinski definition) is 0. The highest BCUT2D eigenvalue weighted by atomic mass is 14.8. The topological polar surface area (TPSA) is 0 Å². The molecule has 0 aliphatic heterocycles. The second-order valence-corrected chi connectivity index (χ2v) is 28.6. The fourth-order valence-corrected chi connectivity index (χ4v) is 20.8. The van der Waals surface area contributed by atoms with E-state index in [-0.39, 0.29) is 43.3 Å². The Morgan fingerprint density at radius 2 is 0.330 bits per heavy atom. The second kappa shape index (κ2) is 21.5. The third-order valence-corrected chi connectivity index (χ3v) is 23.0. The van der Waals surface area contributed by atoms with Crippen LogP contribution in [0.4, 0.5) is 0 Å². The van der Waals surface area contributed by atoms with Gasteiger partial charge in [0.2, 0.25) is 0 Å². The van der Waals surface area contributed by atoms with Gasteiger partial charge in [0.05, 0.1) is 0 Å². The summed E-state index contributed by atoms with van der Waals surface area (Å²) in [5.74, 6) is 0. The minimum Gasteiger partial charge on any atom is -0.0622 e. The summed E-state index contributed by atoms with van der Waals surface area (Å²) in [6.07, 6.45) is 33.1. The van der Waals surface area contributed by atoms with Crippen LogP contribution in [0.5, 0.6) is 0 Å². The Morgan fingerprint density at radius 1 is 0.159 bits per heavy atom. The Labute approximate surface area is 522 Å². The van der Waals surface area contributed by atoms with Gasteiger partial charge in [-0.05, 0) is 210 Å². The molecule has 8 aliphatic carbocycles. The van der Waals surface area contributed by atoms with Crippen LogP contribution in [0.1, 0.15) is 155 Å². The van der Waals surface area contributed by atoms with Crippen LogP contribution >= 0.6 is 0 Å². The zero-order chi connectivity index (χ0) is 58.8. The number of hydrogen-bond acceptors (Lipinski definition) is 0. The fourth-order valence-electron chi connectivity index (χ4n) is 20.8. The van der Waals surface area contributed by atoms with E-state index in [1.54, 1.807) is 22.3 Å². The average molecular weight is 1140 g/mol. The summed E-state index contributed by atoms with van der Waals surface area (Å²) >= 11 is 0. The first kappa shape index (κ1) is 54.5. The van der Waals surface area contributed by atoms with Crippen molar-refractivity contribution in [1.82, 2.24) is 0 Å². The van der Waals surface area contributed by atoms with Crippen LogP contribution in [0.2, 0.25) is 0 Å². The molecule has 18 rings (SSSR count). The minimum atomic E-state index is -0.125. The van der Waals surface area contributed by atoms with Gasteiger partial charge < -0.3 is 0 Å². The lowest BCUT2D eigenvalue weighted by Gasteiger charge is -2.81. The van der Waals surface area contributed by atoms with E-state index in [0.717, 1.165) is 25.7 Å². The summed E-state index contributed by atoms with van der Waals surface area (Å²) in [5.41, 5.74) is 18.7. The second-order valence-electron chi connectivity index (χ2n) is 28.6. The van der Waals surface area contributed by atoms with Crippen LogP contribution in [0.15, 0.2) is 279 Å². The molecule has 4 atom stereocenters. The maximum absolute atomic E-state index is 2.66. The lowest BCUT2D eigenvalue weighted by molar-refractivity contribution is -0.237. The van der Waals surface area contributed by atoms with Crippen molar-refractivity contribution < 1.29 is 0 Å². The normalized spacial score (nSPS) is 29.2. The van der Waals surface area contributed by atoms with Gasteiger partial charge in [-0.1, -0.05) is 316 Å². The van der Waals surface area contributed by atoms with E-state index in [1.807, 2.05) is 0 Å². The zero-order valence-electron chi connectivity index (χ0n) is 50.7. The number of rotatable bonds is 15. The summed E-state index contributed by atoms with van der Waals surface area (Å²) in [7, 11) is 0. The van der Waals surface area contributed by atoms with Crippen LogP contribution in [-0.2, 0) is 32.5 Å². The summed E-state index contributed by atoms with van der Waals surface area (Å²) in [4.78, 5) is 0. The lowest BCUT2D eigenvalue weighted by atomic mass is 9.23. The fraction of sp³-hybridized carbons (Fsp3) is 0.227.